The molecule has 1 heterocycles. The molecule has 0 saturated heterocycles. The van der Waals surface area contributed by atoms with Gasteiger partial charge in [-0.25, -0.2) is 4.39 Å². The summed E-state index contributed by atoms with van der Waals surface area (Å²) in [6.45, 7) is 0. The summed E-state index contributed by atoms with van der Waals surface area (Å²) >= 11 is 0. The molecule has 26 heavy (non-hydrogen) atoms. The van der Waals surface area contributed by atoms with E-state index in [1.807, 2.05) is 12.1 Å². The molecule has 0 bridgehead atoms. The summed E-state index contributed by atoms with van der Waals surface area (Å²) in [7, 11) is 1.64. The van der Waals surface area contributed by atoms with Gasteiger partial charge in [0, 0.05) is 18.8 Å². The van der Waals surface area contributed by atoms with Crippen LogP contribution < -0.4 is 0 Å². The molecular formula is C21H16FN3O. The van der Waals surface area contributed by atoms with Crippen molar-refractivity contribution < 1.29 is 9.18 Å². The van der Waals surface area contributed by atoms with Gasteiger partial charge in [0.05, 0.1) is 23.4 Å². The number of hydrogen-bond acceptors (Lipinski definition) is 3. The van der Waals surface area contributed by atoms with Gasteiger partial charge < -0.3 is 4.90 Å². The monoisotopic (exact) mass is 345 g/mol. The molecule has 0 aliphatic rings. The van der Waals surface area contributed by atoms with Crippen molar-refractivity contribution in [1.29, 1.82) is 5.26 Å². The molecule has 3 rings (SSSR count). The minimum absolute atomic E-state index is 0.276. The van der Waals surface area contributed by atoms with Gasteiger partial charge in [0.15, 0.2) is 0 Å². The Kier molecular flexibility index (Phi) is 5.04. The van der Waals surface area contributed by atoms with Gasteiger partial charge in [-0.2, -0.15) is 5.26 Å². The van der Waals surface area contributed by atoms with Gasteiger partial charge in [-0.15, -0.1) is 0 Å². The Balaban J connectivity index is 2.04. The number of benzene rings is 2. The highest BCUT2D eigenvalue weighted by molar-refractivity contribution is 5.94. The lowest BCUT2D eigenvalue weighted by atomic mass is 10.00. The van der Waals surface area contributed by atoms with E-state index in [-0.39, 0.29) is 11.7 Å². The predicted octanol–water partition coefficient (Wildman–Crippen LogP) is 3.95. The minimum Gasteiger partial charge on any atom is -0.329 e. The fraction of sp³-hybridized carbons (Fsp3) is 0.0952. The molecule has 0 N–H and O–H groups in total. The smallest absolute Gasteiger partial charge is 0.254 e. The maximum atomic E-state index is 13.8. The van der Waals surface area contributed by atoms with Crippen LogP contribution in [-0.4, -0.2) is 22.8 Å². The maximum Gasteiger partial charge on any atom is 0.254 e. The van der Waals surface area contributed by atoms with Crippen molar-refractivity contribution in [1.82, 2.24) is 9.88 Å². The molecule has 0 aliphatic heterocycles. The molecule has 128 valence electrons. The normalized spacial score (nSPS) is 11.4. The van der Waals surface area contributed by atoms with Crippen LogP contribution in [0, 0.1) is 17.1 Å². The van der Waals surface area contributed by atoms with E-state index < -0.39 is 6.04 Å². The zero-order chi connectivity index (χ0) is 18.5. The third-order valence-electron chi connectivity index (χ3n) is 4.08. The van der Waals surface area contributed by atoms with Gasteiger partial charge in [0.25, 0.3) is 5.91 Å². The van der Waals surface area contributed by atoms with Crippen LogP contribution in [0.5, 0.6) is 0 Å². The lowest BCUT2D eigenvalue weighted by molar-refractivity contribution is 0.0752. The highest BCUT2D eigenvalue weighted by Gasteiger charge is 2.26. The fourth-order valence-electron chi connectivity index (χ4n) is 2.85. The molecule has 0 spiro atoms. The zero-order valence-corrected chi connectivity index (χ0v) is 14.1. The third-order valence-corrected chi connectivity index (χ3v) is 4.08. The SMILES string of the molecule is CN(C(=O)c1cccc(C#N)c1)[C@H](c1cccc(F)c1)c1ccccn1. The molecule has 0 unspecified atom stereocenters. The Morgan fingerprint density at radius 3 is 2.62 bits per heavy atom. The van der Waals surface area contributed by atoms with Crippen molar-refractivity contribution >= 4 is 5.91 Å². The lowest BCUT2D eigenvalue weighted by Crippen LogP contribution is -2.32. The third kappa shape index (κ3) is 3.60. The van der Waals surface area contributed by atoms with Crippen molar-refractivity contribution in [3.8, 4) is 6.07 Å². The van der Waals surface area contributed by atoms with E-state index in [4.69, 9.17) is 5.26 Å². The molecular weight excluding hydrogens is 329 g/mol. The molecule has 0 radical (unpaired) electrons. The summed E-state index contributed by atoms with van der Waals surface area (Å²) in [5, 5.41) is 9.05. The van der Waals surface area contributed by atoms with Crippen LogP contribution in [0.4, 0.5) is 4.39 Å². The number of aromatic nitrogens is 1. The molecule has 0 fully saturated rings. The first-order valence-electron chi connectivity index (χ1n) is 8.04. The largest absolute Gasteiger partial charge is 0.329 e. The Morgan fingerprint density at radius 1 is 1.12 bits per heavy atom. The number of pyridine rings is 1. The predicted molar refractivity (Wildman–Crippen MR) is 95.7 cm³/mol. The average molecular weight is 345 g/mol. The number of carbonyl (C=O) groups is 1. The summed E-state index contributed by atoms with van der Waals surface area (Å²) in [6.07, 6.45) is 1.64. The van der Waals surface area contributed by atoms with E-state index >= 15 is 0 Å². The highest BCUT2D eigenvalue weighted by atomic mass is 19.1. The summed E-state index contributed by atoms with van der Waals surface area (Å²) in [4.78, 5) is 18.8. The molecule has 3 aromatic rings. The van der Waals surface area contributed by atoms with E-state index in [9.17, 15) is 9.18 Å². The Morgan fingerprint density at radius 2 is 1.92 bits per heavy atom. The molecule has 5 heteroatoms. The van der Waals surface area contributed by atoms with E-state index in [0.717, 1.165) is 0 Å². The Labute approximate surface area is 151 Å². The van der Waals surface area contributed by atoms with Gasteiger partial charge >= 0.3 is 0 Å². The molecule has 1 amide bonds. The van der Waals surface area contributed by atoms with Crippen LogP contribution >= 0.6 is 0 Å². The summed E-state index contributed by atoms with van der Waals surface area (Å²) in [6, 6.07) is 19.5. The number of nitrogens with zero attached hydrogens (tertiary/aromatic N) is 3. The number of hydrogen-bond donors (Lipinski definition) is 0. The van der Waals surface area contributed by atoms with E-state index in [1.165, 1.54) is 17.0 Å². The first-order valence-corrected chi connectivity index (χ1v) is 8.04. The van der Waals surface area contributed by atoms with Crippen molar-refractivity contribution in [2.45, 2.75) is 6.04 Å². The van der Waals surface area contributed by atoms with Crippen LogP contribution in [0.15, 0.2) is 72.9 Å². The molecule has 1 atom stereocenters. The lowest BCUT2D eigenvalue weighted by Gasteiger charge is -2.28. The van der Waals surface area contributed by atoms with Crippen molar-refractivity contribution in [3.63, 3.8) is 0 Å². The first kappa shape index (κ1) is 17.3. The van der Waals surface area contributed by atoms with Gasteiger partial charge in [-0.1, -0.05) is 24.3 Å². The summed E-state index contributed by atoms with van der Waals surface area (Å²) < 4.78 is 13.8. The Hall–Kier alpha value is -3.52. The maximum absolute atomic E-state index is 13.8. The molecule has 0 aliphatic carbocycles. The second-order valence-electron chi connectivity index (χ2n) is 5.82. The van der Waals surface area contributed by atoms with Crippen molar-refractivity contribution in [2.24, 2.45) is 0 Å². The van der Waals surface area contributed by atoms with Gasteiger partial charge in [0.2, 0.25) is 0 Å². The minimum atomic E-state index is -0.551. The molecule has 0 saturated carbocycles. The Bertz CT molecular complexity index is 966. The standard InChI is InChI=1S/C21H16FN3O/c1-25(21(26)17-8-4-6-15(12-17)14-23)20(19-10-2-3-11-24-19)16-7-5-9-18(22)13-16/h2-13,20H,1H3/t20-/m1/s1. The molecule has 1 aromatic heterocycles. The first-order chi connectivity index (χ1) is 12.6. The van der Waals surface area contributed by atoms with Crippen LogP contribution in [0.3, 0.4) is 0 Å². The average Bonchev–Trinajstić information content (AvgIpc) is 2.68. The number of halogens is 1. The number of rotatable bonds is 4. The van der Waals surface area contributed by atoms with E-state index in [0.29, 0.717) is 22.4 Å². The molecule has 2 aromatic carbocycles. The van der Waals surface area contributed by atoms with Gasteiger partial charge in [-0.3, -0.25) is 9.78 Å². The van der Waals surface area contributed by atoms with Crippen LogP contribution in [-0.2, 0) is 0 Å². The topological polar surface area (TPSA) is 57.0 Å². The fourth-order valence-corrected chi connectivity index (χ4v) is 2.85. The van der Waals surface area contributed by atoms with Crippen molar-refractivity contribution in [2.75, 3.05) is 7.05 Å². The van der Waals surface area contributed by atoms with Gasteiger partial charge in [0.1, 0.15) is 5.82 Å². The summed E-state index contributed by atoms with van der Waals surface area (Å²) in [5.41, 5.74) is 2.05. The second-order valence-corrected chi connectivity index (χ2v) is 5.82. The van der Waals surface area contributed by atoms with Crippen LogP contribution in [0.25, 0.3) is 0 Å². The van der Waals surface area contributed by atoms with Crippen molar-refractivity contribution in [3.05, 3.63) is 101 Å². The van der Waals surface area contributed by atoms with Crippen LogP contribution in [0.1, 0.15) is 33.2 Å². The number of carbonyl (C=O) groups excluding carboxylic acids is 1. The summed E-state index contributed by atoms with van der Waals surface area (Å²) in [5.74, 6) is -0.655. The second kappa shape index (κ2) is 7.58. The van der Waals surface area contributed by atoms with E-state index in [1.54, 1.807) is 61.8 Å². The van der Waals surface area contributed by atoms with E-state index in [2.05, 4.69) is 4.98 Å². The zero-order valence-electron chi connectivity index (χ0n) is 14.1. The quantitative estimate of drug-likeness (QED) is 0.719. The highest BCUT2D eigenvalue weighted by Crippen LogP contribution is 2.28. The van der Waals surface area contributed by atoms with Crippen LogP contribution in [0.2, 0.25) is 0 Å². The number of amides is 1. The van der Waals surface area contributed by atoms with Gasteiger partial charge in [-0.05, 0) is 48.0 Å². The number of nitriles is 1. The molecule has 4 nitrogen and oxygen atoms in total.